The van der Waals surface area contributed by atoms with Gasteiger partial charge < -0.3 is 20.9 Å². The van der Waals surface area contributed by atoms with Crippen LogP contribution in [0.1, 0.15) is 28.8 Å². The lowest BCUT2D eigenvalue weighted by Gasteiger charge is -2.39. The van der Waals surface area contributed by atoms with Crippen LogP contribution in [-0.2, 0) is 4.79 Å². The fraction of sp³-hybridized carbons (Fsp3) is 0.217. The summed E-state index contributed by atoms with van der Waals surface area (Å²) < 4.78 is 13.6. The summed E-state index contributed by atoms with van der Waals surface area (Å²) in [6.45, 7) is 3.06. The lowest BCUT2D eigenvalue weighted by Crippen LogP contribution is -2.47. The monoisotopic (exact) mass is 434 g/mol. The third-order valence-corrected chi connectivity index (χ3v) is 5.57. The van der Waals surface area contributed by atoms with E-state index in [1.165, 1.54) is 24.0 Å². The number of anilines is 4. The van der Waals surface area contributed by atoms with E-state index >= 15 is 0 Å². The summed E-state index contributed by atoms with van der Waals surface area (Å²) in [5.41, 5.74) is 8.64. The fourth-order valence-electron chi connectivity index (χ4n) is 3.64. The van der Waals surface area contributed by atoms with Crippen LogP contribution in [0.3, 0.4) is 0 Å². The van der Waals surface area contributed by atoms with E-state index in [-0.39, 0.29) is 11.5 Å². The Morgan fingerprint density at radius 2 is 1.88 bits per heavy atom. The molecule has 164 valence electrons. The van der Waals surface area contributed by atoms with Gasteiger partial charge in [0.25, 0.3) is 5.91 Å². The summed E-state index contributed by atoms with van der Waals surface area (Å²) in [6, 6.07) is 10.9. The number of benzene rings is 1. The van der Waals surface area contributed by atoms with E-state index in [2.05, 4.69) is 15.3 Å². The van der Waals surface area contributed by atoms with Crippen molar-refractivity contribution in [3.05, 3.63) is 71.9 Å². The number of hydrogen-bond acceptors (Lipinski definition) is 6. The maximum atomic E-state index is 13.6. The van der Waals surface area contributed by atoms with Gasteiger partial charge in [0.1, 0.15) is 11.6 Å². The number of nitrogens with zero attached hydrogens (tertiary/aromatic N) is 4. The highest BCUT2D eigenvalue weighted by molar-refractivity contribution is 5.99. The zero-order valence-corrected chi connectivity index (χ0v) is 17.7. The van der Waals surface area contributed by atoms with Crippen molar-refractivity contribution in [1.29, 1.82) is 0 Å². The van der Waals surface area contributed by atoms with E-state index in [4.69, 9.17) is 5.73 Å². The van der Waals surface area contributed by atoms with Crippen LogP contribution in [0.15, 0.2) is 55.0 Å². The van der Waals surface area contributed by atoms with Gasteiger partial charge in [0.15, 0.2) is 0 Å². The zero-order valence-electron chi connectivity index (χ0n) is 17.7. The Hall–Kier alpha value is -4.01. The normalized spacial score (nSPS) is 13.4. The van der Waals surface area contributed by atoms with Gasteiger partial charge in [0.05, 0.1) is 29.3 Å². The lowest BCUT2D eigenvalue weighted by molar-refractivity contribution is -0.133. The SMILES string of the molecule is CC(=O)N1CC(c2ccc(Nc3cc(N(C)c4cncc(F)c4)c(C(N)=O)cn3)cc2)C1. The molecule has 9 heteroatoms. The summed E-state index contributed by atoms with van der Waals surface area (Å²) in [4.78, 5) is 34.9. The number of nitrogens with one attached hydrogen (secondary N) is 1. The predicted molar refractivity (Wildman–Crippen MR) is 120 cm³/mol. The van der Waals surface area contributed by atoms with Crippen LogP contribution in [0.5, 0.6) is 0 Å². The van der Waals surface area contributed by atoms with Gasteiger partial charge in [-0.2, -0.15) is 0 Å². The standard InChI is InChI=1S/C23H23FN6O2/c1-14(31)30-12-16(13-30)15-3-5-18(6-4-15)28-22-8-21(20(11-27-22)23(25)32)29(2)19-7-17(24)9-26-10-19/h3-11,16H,12-13H2,1-2H3,(H2,25,32)(H,27,28). The molecule has 1 saturated heterocycles. The van der Waals surface area contributed by atoms with Gasteiger partial charge >= 0.3 is 0 Å². The molecule has 2 aromatic heterocycles. The molecule has 0 saturated carbocycles. The molecule has 3 aromatic rings. The molecule has 1 aromatic carbocycles. The Labute approximate surface area is 184 Å². The summed E-state index contributed by atoms with van der Waals surface area (Å²) in [7, 11) is 1.69. The average Bonchev–Trinajstić information content (AvgIpc) is 2.73. The second kappa shape index (κ2) is 8.62. The van der Waals surface area contributed by atoms with Gasteiger partial charge in [-0.1, -0.05) is 12.1 Å². The Kier molecular flexibility index (Phi) is 5.72. The van der Waals surface area contributed by atoms with Crippen LogP contribution in [0.2, 0.25) is 0 Å². The molecule has 2 amide bonds. The number of rotatable bonds is 6. The molecule has 3 heterocycles. The Bertz CT molecular complexity index is 1160. The molecule has 1 fully saturated rings. The van der Waals surface area contributed by atoms with Crippen molar-refractivity contribution in [2.45, 2.75) is 12.8 Å². The largest absolute Gasteiger partial charge is 0.365 e. The molecule has 1 aliphatic rings. The highest BCUT2D eigenvalue weighted by atomic mass is 19.1. The van der Waals surface area contributed by atoms with Crippen LogP contribution >= 0.6 is 0 Å². The van der Waals surface area contributed by atoms with Gasteiger partial charge in [0, 0.05) is 57.0 Å². The number of nitrogens with two attached hydrogens (primary N) is 1. The third kappa shape index (κ3) is 4.36. The van der Waals surface area contributed by atoms with Crippen molar-refractivity contribution in [2.24, 2.45) is 5.73 Å². The van der Waals surface area contributed by atoms with E-state index in [1.807, 2.05) is 29.2 Å². The van der Waals surface area contributed by atoms with Gasteiger partial charge in [-0.25, -0.2) is 9.37 Å². The van der Waals surface area contributed by atoms with Crippen molar-refractivity contribution in [2.75, 3.05) is 30.4 Å². The summed E-state index contributed by atoms with van der Waals surface area (Å²) >= 11 is 0. The van der Waals surface area contributed by atoms with E-state index in [9.17, 15) is 14.0 Å². The molecule has 3 N–H and O–H groups in total. The number of amides is 2. The number of primary amides is 1. The average molecular weight is 434 g/mol. The lowest BCUT2D eigenvalue weighted by atomic mass is 9.91. The number of hydrogen-bond donors (Lipinski definition) is 2. The van der Waals surface area contributed by atoms with E-state index in [1.54, 1.807) is 24.9 Å². The highest BCUT2D eigenvalue weighted by Crippen LogP contribution is 2.31. The van der Waals surface area contributed by atoms with Crippen molar-refractivity contribution in [3.63, 3.8) is 0 Å². The zero-order chi connectivity index (χ0) is 22.8. The summed E-state index contributed by atoms with van der Waals surface area (Å²) in [5, 5.41) is 3.21. The Balaban J connectivity index is 1.54. The first-order valence-electron chi connectivity index (χ1n) is 10.1. The highest BCUT2D eigenvalue weighted by Gasteiger charge is 2.29. The van der Waals surface area contributed by atoms with E-state index in [0.29, 0.717) is 23.1 Å². The number of halogens is 1. The van der Waals surface area contributed by atoms with Crippen LogP contribution in [0.25, 0.3) is 0 Å². The summed E-state index contributed by atoms with van der Waals surface area (Å²) in [5.74, 6) is -0.179. The molecule has 1 aliphatic heterocycles. The molecule has 0 spiro atoms. The predicted octanol–water partition coefficient (Wildman–Crippen LogP) is 3.17. The molecule has 0 bridgehead atoms. The molecular weight excluding hydrogens is 411 g/mol. The maximum absolute atomic E-state index is 13.6. The minimum absolute atomic E-state index is 0.0970. The van der Waals surface area contributed by atoms with Crippen LogP contribution in [0.4, 0.5) is 27.3 Å². The van der Waals surface area contributed by atoms with Crippen LogP contribution in [-0.4, -0.2) is 46.8 Å². The smallest absolute Gasteiger partial charge is 0.252 e. The van der Waals surface area contributed by atoms with Crippen molar-refractivity contribution in [1.82, 2.24) is 14.9 Å². The number of aromatic nitrogens is 2. The van der Waals surface area contributed by atoms with Crippen LogP contribution < -0.4 is 16.0 Å². The van der Waals surface area contributed by atoms with Gasteiger partial charge in [-0.15, -0.1) is 0 Å². The molecule has 0 aliphatic carbocycles. The summed E-state index contributed by atoms with van der Waals surface area (Å²) in [6.07, 6.45) is 3.99. The number of carbonyl (C=O) groups excluding carboxylic acids is 2. The first-order valence-corrected chi connectivity index (χ1v) is 10.1. The maximum Gasteiger partial charge on any atom is 0.252 e. The second-order valence-electron chi connectivity index (χ2n) is 7.74. The molecule has 4 rings (SSSR count). The molecule has 0 atom stereocenters. The van der Waals surface area contributed by atoms with E-state index in [0.717, 1.165) is 25.0 Å². The van der Waals surface area contributed by atoms with Gasteiger partial charge in [-0.05, 0) is 17.7 Å². The quantitative estimate of drug-likeness (QED) is 0.618. The third-order valence-electron chi connectivity index (χ3n) is 5.57. The number of carbonyl (C=O) groups is 2. The Morgan fingerprint density at radius 1 is 1.16 bits per heavy atom. The fourth-order valence-corrected chi connectivity index (χ4v) is 3.64. The van der Waals surface area contributed by atoms with Crippen molar-refractivity contribution < 1.29 is 14.0 Å². The van der Waals surface area contributed by atoms with Crippen molar-refractivity contribution in [3.8, 4) is 0 Å². The minimum Gasteiger partial charge on any atom is -0.365 e. The van der Waals surface area contributed by atoms with Crippen molar-refractivity contribution >= 4 is 34.7 Å². The molecular formula is C23H23FN6O2. The first-order chi connectivity index (χ1) is 15.3. The Morgan fingerprint density at radius 3 is 2.50 bits per heavy atom. The van der Waals surface area contributed by atoms with E-state index < -0.39 is 11.7 Å². The first kappa shape index (κ1) is 21.2. The molecule has 0 radical (unpaired) electrons. The van der Waals surface area contributed by atoms with Gasteiger partial charge in [-0.3, -0.25) is 14.6 Å². The molecule has 32 heavy (non-hydrogen) atoms. The van der Waals surface area contributed by atoms with Gasteiger partial charge in [0.2, 0.25) is 5.91 Å². The number of likely N-dealkylation sites (tertiary alicyclic amines) is 1. The van der Waals surface area contributed by atoms with Crippen LogP contribution in [0, 0.1) is 5.82 Å². The minimum atomic E-state index is -0.639. The molecule has 0 unspecified atom stereocenters. The molecule has 8 nitrogen and oxygen atoms in total. The second-order valence-corrected chi connectivity index (χ2v) is 7.74. The topological polar surface area (TPSA) is 104 Å². The number of pyridine rings is 2.